The van der Waals surface area contributed by atoms with Gasteiger partial charge in [-0.2, -0.15) is 0 Å². The van der Waals surface area contributed by atoms with Gasteiger partial charge in [-0.25, -0.2) is 9.69 Å². The van der Waals surface area contributed by atoms with Crippen molar-refractivity contribution >= 4 is 27.9 Å². The number of imide groups is 1. The van der Waals surface area contributed by atoms with Crippen molar-refractivity contribution in [3.63, 3.8) is 0 Å². The molecule has 14 heavy (non-hydrogen) atoms. The molecular weight excluding hydrogens is 250 g/mol. The molecule has 1 heterocycles. The largest absolute Gasteiger partial charge is 0.447 e. The first-order valence-electron chi connectivity index (χ1n) is 4.79. The molecule has 0 saturated carbocycles. The molecule has 0 aliphatic carbocycles. The van der Waals surface area contributed by atoms with Gasteiger partial charge in [0.25, 0.3) is 0 Å². The molecule has 5 heteroatoms. The first kappa shape index (κ1) is 11.5. The summed E-state index contributed by atoms with van der Waals surface area (Å²) in [6.07, 6.45) is 2.88. The van der Waals surface area contributed by atoms with Gasteiger partial charge >= 0.3 is 6.09 Å². The summed E-state index contributed by atoms with van der Waals surface area (Å²) in [5.74, 6) is -0.109. The predicted molar refractivity (Wildman–Crippen MR) is 55.3 cm³/mol. The van der Waals surface area contributed by atoms with Crippen LogP contribution in [0.4, 0.5) is 4.79 Å². The highest BCUT2D eigenvalue weighted by molar-refractivity contribution is 9.09. The third-order valence-electron chi connectivity index (χ3n) is 2.09. The maximum absolute atomic E-state index is 11.4. The Balaban J connectivity index is 2.18. The first-order valence-corrected chi connectivity index (χ1v) is 5.91. The van der Waals surface area contributed by atoms with Crippen LogP contribution in [0.25, 0.3) is 0 Å². The second-order valence-electron chi connectivity index (χ2n) is 3.16. The van der Waals surface area contributed by atoms with Crippen molar-refractivity contribution < 1.29 is 14.3 Å². The van der Waals surface area contributed by atoms with Gasteiger partial charge in [-0.3, -0.25) is 4.79 Å². The number of nitrogens with zero attached hydrogens (tertiary/aromatic N) is 1. The number of hydrogen-bond acceptors (Lipinski definition) is 3. The molecule has 4 nitrogen and oxygen atoms in total. The standard InChI is InChI=1S/C9H14BrNO3/c10-5-3-1-2-4-8(12)11-6-7-14-9(11)13/h1-7H2. The molecule has 0 N–H and O–H groups in total. The third-order valence-corrected chi connectivity index (χ3v) is 2.65. The van der Waals surface area contributed by atoms with Crippen molar-refractivity contribution in [3.05, 3.63) is 0 Å². The monoisotopic (exact) mass is 263 g/mol. The second kappa shape index (κ2) is 6.01. The summed E-state index contributed by atoms with van der Waals surface area (Å²) in [6, 6.07) is 0. The smallest absolute Gasteiger partial charge is 0.416 e. The number of carbonyl (C=O) groups excluding carboxylic acids is 2. The van der Waals surface area contributed by atoms with E-state index in [2.05, 4.69) is 20.7 Å². The zero-order valence-electron chi connectivity index (χ0n) is 8.00. The third kappa shape index (κ3) is 3.29. The van der Waals surface area contributed by atoms with Crippen LogP contribution in [0.2, 0.25) is 0 Å². The summed E-state index contributed by atoms with van der Waals surface area (Å²) in [5.41, 5.74) is 0. The van der Waals surface area contributed by atoms with E-state index >= 15 is 0 Å². The van der Waals surface area contributed by atoms with Crippen LogP contribution >= 0.6 is 15.9 Å². The van der Waals surface area contributed by atoms with Crippen LogP contribution in [0.3, 0.4) is 0 Å². The number of halogens is 1. The number of rotatable bonds is 5. The normalized spacial score (nSPS) is 15.8. The van der Waals surface area contributed by atoms with Crippen LogP contribution < -0.4 is 0 Å². The van der Waals surface area contributed by atoms with E-state index in [1.165, 1.54) is 4.90 Å². The van der Waals surface area contributed by atoms with E-state index in [-0.39, 0.29) is 5.91 Å². The van der Waals surface area contributed by atoms with E-state index in [1.54, 1.807) is 0 Å². The van der Waals surface area contributed by atoms with Crippen molar-refractivity contribution in [2.24, 2.45) is 0 Å². The maximum atomic E-state index is 11.4. The SMILES string of the molecule is O=C(CCCCCBr)N1CCOC1=O. The summed E-state index contributed by atoms with van der Waals surface area (Å²) < 4.78 is 4.67. The van der Waals surface area contributed by atoms with Gasteiger partial charge < -0.3 is 4.74 Å². The van der Waals surface area contributed by atoms with Crippen molar-refractivity contribution in [1.29, 1.82) is 0 Å². The molecular formula is C9H14BrNO3. The zero-order chi connectivity index (χ0) is 10.4. The van der Waals surface area contributed by atoms with Gasteiger partial charge in [-0.05, 0) is 12.8 Å². The van der Waals surface area contributed by atoms with E-state index in [4.69, 9.17) is 0 Å². The van der Waals surface area contributed by atoms with Crippen LogP contribution in [0.1, 0.15) is 25.7 Å². The molecule has 0 atom stereocenters. The lowest BCUT2D eigenvalue weighted by Gasteiger charge is -2.09. The minimum atomic E-state index is -0.490. The fourth-order valence-corrected chi connectivity index (χ4v) is 1.70. The van der Waals surface area contributed by atoms with E-state index in [9.17, 15) is 9.59 Å². The van der Waals surface area contributed by atoms with Crippen LogP contribution in [0, 0.1) is 0 Å². The molecule has 0 aromatic heterocycles. The molecule has 0 spiro atoms. The van der Waals surface area contributed by atoms with Gasteiger partial charge in [0.15, 0.2) is 0 Å². The molecule has 2 amide bonds. The minimum absolute atomic E-state index is 0.109. The molecule has 0 radical (unpaired) electrons. The lowest BCUT2D eigenvalue weighted by molar-refractivity contribution is -0.127. The Bertz CT molecular complexity index is 220. The highest BCUT2D eigenvalue weighted by Crippen LogP contribution is 2.09. The van der Waals surface area contributed by atoms with Gasteiger partial charge in [-0.1, -0.05) is 22.4 Å². The summed E-state index contributed by atoms with van der Waals surface area (Å²) in [4.78, 5) is 23.6. The van der Waals surface area contributed by atoms with E-state index in [1.807, 2.05) is 0 Å². The molecule has 0 bridgehead atoms. The van der Waals surface area contributed by atoms with Gasteiger partial charge in [0.1, 0.15) is 6.61 Å². The number of ether oxygens (including phenoxy) is 1. The molecule has 1 saturated heterocycles. The summed E-state index contributed by atoms with van der Waals surface area (Å²) in [5, 5.41) is 0.965. The Morgan fingerprint density at radius 2 is 2.21 bits per heavy atom. The summed E-state index contributed by atoms with van der Waals surface area (Å²) in [6.45, 7) is 0.752. The Morgan fingerprint density at radius 3 is 2.79 bits per heavy atom. The molecule has 1 aliphatic rings. The summed E-state index contributed by atoms with van der Waals surface area (Å²) in [7, 11) is 0. The quantitative estimate of drug-likeness (QED) is 0.563. The van der Waals surface area contributed by atoms with Crippen molar-refractivity contribution in [2.45, 2.75) is 25.7 Å². The number of unbranched alkanes of at least 4 members (excludes halogenated alkanes) is 2. The topological polar surface area (TPSA) is 46.6 Å². The average molecular weight is 264 g/mol. The average Bonchev–Trinajstić information content (AvgIpc) is 2.59. The fraction of sp³-hybridized carbons (Fsp3) is 0.778. The van der Waals surface area contributed by atoms with E-state index in [0.717, 1.165) is 24.6 Å². The van der Waals surface area contributed by atoms with Crippen LogP contribution in [0.5, 0.6) is 0 Å². The van der Waals surface area contributed by atoms with Gasteiger partial charge in [0.2, 0.25) is 5.91 Å². The molecule has 1 fully saturated rings. The fourth-order valence-electron chi connectivity index (χ4n) is 1.30. The minimum Gasteiger partial charge on any atom is -0.447 e. The highest BCUT2D eigenvalue weighted by Gasteiger charge is 2.27. The lowest BCUT2D eigenvalue weighted by atomic mass is 10.2. The number of hydrogen-bond donors (Lipinski definition) is 0. The molecule has 1 aliphatic heterocycles. The number of cyclic esters (lactones) is 1. The predicted octanol–water partition coefficient (Wildman–Crippen LogP) is 1.92. The molecule has 0 unspecified atom stereocenters. The maximum Gasteiger partial charge on any atom is 0.416 e. The Hall–Kier alpha value is -0.580. The van der Waals surface area contributed by atoms with Gasteiger partial charge in [0.05, 0.1) is 6.54 Å². The zero-order valence-corrected chi connectivity index (χ0v) is 9.59. The van der Waals surface area contributed by atoms with Crippen molar-refractivity contribution in [1.82, 2.24) is 4.90 Å². The van der Waals surface area contributed by atoms with E-state index < -0.39 is 6.09 Å². The van der Waals surface area contributed by atoms with Crippen molar-refractivity contribution in [2.75, 3.05) is 18.5 Å². The van der Waals surface area contributed by atoms with E-state index in [0.29, 0.717) is 19.6 Å². The highest BCUT2D eigenvalue weighted by atomic mass is 79.9. The number of amides is 2. The Labute approximate surface area is 91.7 Å². The second-order valence-corrected chi connectivity index (χ2v) is 3.95. The molecule has 0 aromatic rings. The summed E-state index contributed by atoms with van der Waals surface area (Å²) >= 11 is 3.32. The van der Waals surface area contributed by atoms with Crippen LogP contribution in [0.15, 0.2) is 0 Å². The number of alkyl halides is 1. The lowest BCUT2D eigenvalue weighted by Crippen LogP contribution is -2.31. The molecule has 80 valence electrons. The number of carbonyl (C=O) groups is 2. The first-order chi connectivity index (χ1) is 6.75. The Kier molecular flexibility index (Phi) is 4.93. The van der Waals surface area contributed by atoms with Crippen molar-refractivity contribution in [3.8, 4) is 0 Å². The molecule has 1 rings (SSSR count). The van der Waals surface area contributed by atoms with Crippen LogP contribution in [-0.4, -0.2) is 35.4 Å². The molecule has 0 aromatic carbocycles. The van der Waals surface area contributed by atoms with Gasteiger partial charge in [-0.15, -0.1) is 0 Å². The van der Waals surface area contributed by atoms with Crippen LogP contribution in [-0.2, 0) is 9.53 Å². The van der Waals surface area contributed by atoms with Gasteiger partial charge in [0, 0.05) is 11.8 Å². The Morgan fingerprint density at radius 1 is 1.43 bits per heavy atom.